The van der Waals surface area contributed by atoms with Crippen LogP contribution in [0.15, 0.2) is 18.2 Å². The molecule has 2 rings (SSSR count). The number of hydrogen-bond donors (Lipinski definition) is 0. The first kappa shape index (κ1) is 15.6. The summed E-state index contributed by atoms with van der Waals surface area (Å²) in [5.74, 6) is 1.81. The second-order valence-corrected chi connectivity index (χ2v) is 5.36. The number of nitrogens with zero attached hydrogens (tertiary/aromatic N) is 2. The molecule has 1 fully saturated rings. The molecule has 1 aliphatic rings. The van der Waals surface area contributed by atoms with Gasteiger partial charge in [0.1, 0.15) is 11.5 Å². The van der Waals surface area contributed by atoms with Crippen LogP contribution < -0.4 is 9.47 Å². The van der Waals surface area contributed by atoms with Crippen LogP contribution >= 0.6 is 0 Å². The molecule has 0 aromatic heterocycles. The van der Waals surface area contributed by atoms with E-state index in [-0.39, 0.29) is 5.91 Å². The average molecular weight is 292 g/mol. The normalized spacial score (nSPS) is 15.9. The number of hydrogen-bond acceptors (Lipinski definition) is 4. The summed E-state index contributed by atoms with van der Waals surface area (Å²) in [6, 6.07) is 5.69. The quantitative estimate of drug-likeness (QED) is 0.823. The number of benzene rings is 1. The molecule has 1 saturated heterocycles. The second-order valence-electron chi connectivity index (χ2n) is 5.36. The molecule has 1 aromatic carbocycles. The Hall–Kier alpha value is -1.75. The van der Waals surface area contributed by atoms with Crippen LogP contribution in [-0.2, 0) is 11.2 Å². The topological polar surface area (TPSA) is 42.0 Å². The third-order valence-electron chi connectivity index (χ3n) is 3.95. The van der Waals surface area contributed by atoms with E-state index >= 15 is 0 Å². The van der Waals surface area contributed by atoms with Crippen molar-refractivity contribution in [2.24, 2.45) is 0 Å². The number of carbonyl (C=O) groups is 1. The molecule has 1 aliphatic heterocycles. The van der Waals surface area contributed by atoms with E-state index in [0.29, 0.717) is 12.8 Å². The van der Waals surface area contributed by atoms with Crippen molar-refractivity contribution in [3.8, 4) is 11.5 Å². The van der Waals surface area contributed by atoms with E-state index in [1.165, 1.54) is 0 Å². The average Bonchev–Trinajstić information content (AvgIpc) is 2.52. The number of carbonyl (C=O) groups excluding carboxylic acids is 1. The van der Waals surface area contributed by atoms with Gasteiger partial charge in [0.15, 0.2) is 0 Å². The lowest BCUT2D eigenvalue weighted by Gasteiger charge is -2.32. The van der Waals surface area contributed by atoms with E-state index in [1.54, 1.807) is 14.2 Å². The maximum atomic E-state index is 12.3. The summed E-state index contributed by atoms with van der Waals surface area (Å²) in [5, 5.41) is 0. The monoisotopic (exact) mass is 292 g/mol. The first-order valence-corrected chi connectivity index (χ1v) is 7.31. The minimum atomic E-state index is 0.216. The molecule has 21 heavy (non-hydrogen) atoms. The maximum Gasteiger partial charge on any atom is 0.222 e. The fourth-order valence-electron chi connectivity index (χ4n) is 2.53. The molecule has 0 N–H and O–H groups in total. The third-order valence-corrected chi connectivity index (χ3v) is 3.95. The predicted molar refractivity (Wildman–Crippen MR) is 81.9 cm³/mol. The van der Waals surface area contributed by atoms with Crippen LogP contribution in [0.4, 0.5) is 0 Å². The van der Waals surface area contributed by atoms with Crippen LogP contribution in [0.1, 0.15) is 12.0 Å². The number of likely N-dealkylation sites (N-methyl/N-ethyl adjacent to an activating group) is 1. The summed E-state index contributed by atoms with van der Waals surface area (Å²) in [7, 11) is 5.37. The Morgan fingerprint density at radius 2 is 1.86 bits per heavy atom. The molecular weight excluding hydrogens is 268 g/mol. The zero-order valence-electron chi connectivity index (χ0n) is 13.1. The molecule has 0 bridgehead atoms. The zero-order chi connectivity index (χ0) is 15.2. The summed E-state index contributed by atoms with van der Waals surface area (Å²) in [4.78, 5) is 16.5. The molecule has 0 radical (unpaired) electrons. The van der Waals surface area contributed by atoms with Gasteiger partial charge in [-0.1, -0.05) is 0 Å². The van der Waals surface area contributed by atoms with Gasteiger partial charge in [0.2, 0.25) is 5.91 Å². The van der Waals surface area contributed by atoms with Gasteiger partial charge >= 0.3 is 0 Å². The van der Waals surface area contributed by atoms with Gasteiger partial charge in [0.25, 0.3) is 0 Å². The van der Waals surface area contributed by atoms with Crippen LogP contribution in [0, 0.1) is 0 Å². The summed E-state index contributed by atoms with van der Waals surface area (Å²) in [6.45, 7) is 3.55. The van der Waals surface area contributed by atoms with E-state index in [2.05, 4.69) is 11.9 Å². The lowest BCUT2D eigenvalue weighted by molar-refractivity contribution is -0.132. The Kier molecular flexibility index (Phi) is 5.44. The minimum Gasteiger partial charge on any atom is -0.497 e. The van der Waals surface area contributed by atoms with Gasteiger partial charge in [0, 0.05) is 32.6 Å². The van der Waals surface area contributed by atoms with E-state index < -0.39 is 0 Å². The maximum absolute atomic E-state index is 12.3. The highest BCUT2D eigenvalue weighted by Gasteiger charge is 2.19. The molecule has 0 aliphatic carbocycles. The van der Waals surface area contributed by atoms with Crippen molar-refractivity contribution in [3.63, 3.8) is 0 Å². The smallest absolute Gasteiger partial charge is 0.222 e. The van der Waals surface area contributed by atoms with Crippen LogP contribution in [0.3, 0.4) is 0 Å². The van der Waals surface area contributed by atoms with Crippen molar-refractivity contribution in [2.45, 2.75) is 12.8 Å². The molecule has 1 aromatic rings. The van der Waals surface area contributed by atoms with Crippen molar-refractivity contribution in [2.75, 3.05) is 47.4 Å². The number of ether oxygens (including phenoxy) is 2. The number of piperazine rings is 1. The van der Waals surface area contributed by atoms with Gasteiger partial charge in [-0.2, -0.15) is 0 Å². The van der Waals surface area contributed by atoms with E-state index in [1.807, 2.05) is 23.1 Å². The van der Waals surface area contributed by atoms with Crippen LogP contribution in [0.2, 0.25) is 0 Å². The Labute approximate surface area is 126 Å². The van der Waals surface area contributed by atoms with Crippen molar-refractivity contribution in [1.29, 1.82) is 0 Å². The number of aryl methyl sites for hydroxylation is 1. The standard InChI is InChI=1S/C16H24N2O3/c1-17-8-10-18(11-9-17)16(19)7-4-13-12-14(20-2)5-6-15(13)21-3/h5-6,12H,4,7-11H2,1-3H3. The summed E-state index contributed by atoms with van der Waals surface area (Å²) < 4.78 is 10.6. The molecule has 0 spiro atoms. The van der Waals surface area contributed by atoms with Gasteiger partial charge in [-0.3, -0.25) is 4.79 Å². The van der Waals surface area contributed by atoms with Gasteiger partial charge < -0.3 is 19.3 Å². The molecule has 1 heterocycles. The van der Waals surface area contributed by atoms with Crippen LogP contribution in [-0.4, -0.2) is 63.2 Å². The van der Waals surface area contributed by atoms with Gasteiger partial charge in [-0.25, -0.2) is 0 Å². The Morgan fingerprint density at radius 3 is 2.48 bits per heavy atom. The highest BCUT2D eigenvalue weighted by atomic mass is 16.5. The SMILES string of the molecule is COc1ccc(OC)c(CCC(=O)N2CCN(C)CC2)c1. The van der Waals surface area contributed by atoms with Crippen LogP contribution in [0.5, 0.6) is 11.5 Å². The largest absolute Gasteiger partial charge is 0.497 e. The minimum absolute atomic E-state index is 0.216. The number of rotatable bonds is 5. The van der Waals surface area contributed by atoms with Gasteiger partial charge in [-0.05, 0) is 37.2 Å². The lowest BCUT2D eigenvalue weighted by atomic mass is 10.1. The predicted octanol–water partition coefficient (Wildman–Crippen LogP) is 1.41. The highest BCUT2D eigenvalue weighted by molar-refractivity contribution is 5.76. The molecular formula is C16H24N2O3. The van der Waals surface area contributed by atoms with Gasteiger partial charge in [0.05, 0.1) is 14.2 Å². The fourth-order valence-corrected chi connectivity index (χ4v) is 2.53. The molecule has 0 atom stereocenters. The Morgan fingerprint density at radius 1 is 1.14 bits per heavy atom. The van der Waals surface area contributed by atoms with E-state index in [9.17, 15) is 4.79 Å². The van der Waals surface area contributed by atoms with E-state index in [4.69, 9.17) is 9.47 Å². The Balaban J connectivity index is 1.94. The molecule has 1 amide bonds. The zero-order valence-corrected chi connectivity index (χ0v) is 13.1. The molecule has 0 unspecified atom stereocenters. The summed E-state index contributed by atoms with van der Waals surface area (Å²) in [5.41, 5.74) is 1.01. The van der Waals surface area contributed by atoms with Crippen molar-refractivity contribution in [3.05, 3.63) is 23.8 Å². The van der Waals surface area contributed by atoms with Crippen molar-refractivity contribution < 1.29 is 14.3 Å². The second kappa shape index (κ2) is 7.31. The summed E-state index contributed by atoms with van der Waals surface area (Å²) >= 11 is 0. The molecule has 5 nitrogen and oxygen atoms in total. The summed E-state index contributed by atoms with van der Waals surface area (Å²) in [6.07, 6.45) is 1.18. The Bertz CT molecular complexity index is 482. The van der Waals surface area contributed by atoms with Crippen LogP contribution in [0.25, 0.3) is 0 Å². The van der Waals surface area contributed by atoms with E-state index in [0.717, 1.165) is 43.2 Å². The fraction of sp³-hybridized carbons (Fsp3) is 0.562. The van der Waals surface area contributed by atoms with Gasteiger partial charge in [-0.15, -0.1) is 0 Å². The highest BCUT2D eigenvalue weighted by Crippen LogP contribution is 2.25. The molecule has 116 valence electrons. The number of amides is 1. The first-order valence-electron chi connectivity index (χ1n) is 7.31. The molecule has 5 heteroatoms. The lowest BCUT2D eigenvalue weighted by Crippen LogP contribution is -2.47. The van der Waals surface area contributed by atoms with Crippen molar-refractivity contribution in [1.82, 2.24) is 9.80 Å². The van der Waals surface area contributed by atoms with Crippen molar-refractivity contribution >= 4 is 5.91 Å². The third kappa shape index (κ3) is 4.11. The first-order chi connectivity index (χ1) is 10.1. The number of methoxy groups -OCH3 is 2. The molecule has 0 saturated carbocycles.